The van der Waals surface area contributed by atoms with Gasteiger partial charge in [-0.3, -0.25) is 4.79 Å². The highest BCUT2D eigenvalue weighted by Crippen LogP contribution is 2.30. The lowest BCUT2D eigenvalue weighted by molar-refractivity contribution is -0.135. The number of hydrogen-bond acceptors (Lipinski definition) is 3. The van der Waals surface area contributed by atoms with Gasteiger partial charge in [0.05, 0.1) is 4.47 Å². The first kappa shape index (κ1) is 21.1. The summed E-state index contributed by atoms with van der Waals surface area (Å²) in [4.78, 5) is 24.1. The molecule has 5 nitrogen and oxygen atoms in total. The van der Waals surface area contributed by atoms with Crippen LogP contribution >= 0.6 is 15.9 Å². The number of carboxylic acids is 1. The molecule has 0 radical (unpaired) electrons. The molecule has 2 aromatic rings. The number of rotatable bonds is 6. The first-order valence-electron chi connectivity index (χ1n) is 9.70. The standard InChI is InChI=1S/C23H24BrNO4/c1-15-5-4-6-17(13-15)22(26)25-20(23(27)28)14-16-9-11-18(12-10-16)29-21-8-3-2-7-19(21)24/h2-3,7-12,14-15,17H,4-6,13H2,1H3,(H,25,26)(H,27,28). The first-order chi connectivity index (χ1) is 13.9. The maximum atomic E-state index is 12.5. The van der Waals surface area contributed by atoms with Crippen LogP contribution in [0.15, 0.2) is 58.7 Å². The molecule has 6 heteroatoms. The second-order valence-electron chi connectivity index (χ2n) is 7.42. The van der Waals surface area contributed by atoms with Crippen molar-refractivity contribution in [1.82, 2.24) is 5.32 Å². The molecule has 1 saturated carbocycles. The maximum Gasteiger partial charge on any atom is 0.352 e. The smallest absolute Gasteiger partial charge is 0.352 e. The predicted molar refractivity (Wildman–Crippen MR) is 116 cm³/mol. The van der Waals surface area contributed by atoms with Crippen LogP contribution < -0.4 is 10.1 Å². The summed E-state index contributed by atoms with van der Waals surface area (Å²) in [7, 11) is 0. The van der Waals surface area contributed by atoms with Gasteiger partial charge in [-0.1, -0.05) is 44.0 Å². The molecule has 2 aromatic carbocycles. The van der Waals surface area contributed by atoms with Crippen LogP contribution in [0.25, 0.3) is 6.08 Å². The van der Waals surface area contributed by atoms with Crippen molar-refractivity contribution >= 4 is 33.9 Å². The molecule has 0 heterocycles. The predicted octanol–water partition coefficient (Wildman–Crippen LogP) is 5.61. The van der Waals surface area contributed by atoms with Gasteiger partial charge in [0.25, 0.3) is 0 Å². The van der Waals surface area contributed by atoms with E-state index < -0.39 is 5.97 Å². The maximum absolute atomic E-state index is 12.5. The number of amides is 1. The van der Waals surface area contributed by atoms with E-state index in [1.165, 1.54) is 6.08 Å². The third kappa shape index (κ3) is 5.94. The van der Waals surface area contributed by atoms with Crippen LogP contribution in [-0.4, -0.2) is 17.0 Å². The minimum atomic E-state index is -1.16. The van der Waals surface area contributed by atoms with Gasteiger partial charge >= 0.3 is 5.97 Å². The Bertz CT molecular complexity index is 907. The number of nitrogens with one attached hydrogen (secondary N) is 1. The van der Waals surface area contributed by atoms with Crippen LogP contribution in [0.5, 0.6) is 11.5 Å². The molecule has 0 aromatic heterocycles. The molecule has 2 atom stereocenters. The molecule has 1 amide bonds. The minimum Gasteiger partial charge on any atom is -0.477 e. The zero-order valence-electron chi connectivity index (χ0n) is 16.2. The number of hydrogen-bond donors (Lipinski definition) is 2. The van der Waals surface area contributed by atoms with Crippen LogP contribution in [0.4, 0.5) is 0 Å². The summed E-state index contributed by atoms with van der Waals surface area (Å²) in [6.45, 7) is 2.13. The minimum absolute atomic E-state index is 0.118. The third-order valence-corrected chi connectivity index (χ3v) is 5.71. The average molecular weight is 458 g/mol. The molecule has 0 spiro atoms. The highest BCUT2D eigenvalue weighted by molar-refractivity contribution is 9.10. The molecule has 0 aliphatic heterocycles. The molecule has 1 aliphatic carbocycles. The molecular weight excluding hydrogens is 434 g/mol. The van der Waals surface area contributed by atoms with E-state index in [2.05, 4.69) is 28.2 Å². The lowest BCUT2D eigenvalue weighted by Crippen LogP contribution is -2.35. The van der Waals surface area contributed by atoms with Gasteiger partial charge < -0.3 is 15.2 Å². The van der Waals surface area contributed by atoms with Crippen LogP contribution in [-0.2, 0) is 9.59 Å². The quantitative estimate of drug-likeness (QED) is 0.552. The average Bonchev–Trinajstić information content (AvgIpc) is 2.70. The molecule has 1 fully saturated rings. The topological polar surface area (TPSA) is 75.6 Å². The number of ether oxygens (including phenoxy) is 1. The Morgan fingerprint density at radius 3 is 2.52 bits per heavy atom. The van der Waals surface area contributed by atoms with Crippen molar-refractivity contribution in [2.24, 2.45) is 11.8 Å². The zero-order chi connectivity index (χ0) is 20.8. The fourth-order valence-electron chi connectivity index (χ4n) is 3.51. The van der Waals surface area contributed by atoms with Gasteiger partial charge in [0, 0.05) is 5.92 Å². The number of carboxylic acid groups (broad SMARTS) is 1. The number of halogens is 1. The second kappa shape index (κ2) is 9.74. The summed E-state index contributed by atoms with van der Waals surface area (Å²) in [5.74, 6) is 0.326. The Labute approximate surface area is 178 Å². The Hall–Kier alpha value is -2.60. The number of carbonyl (C=O) groups excluding carboxylic acids is 1. The lowest BCUT2D eigenvalue weighted by atomic mass is 9.82. The Kier molecular flexibility index (Phi) is 7.09. The van der Waals surface area contributed by atoms with Gasteiger partial charge in [-0.05, 0) is 70.6 Å². The highest BCUT2D eigenvalue weighted by Gasteiger charge is 2.26. The molecular formula is C23H24BrNO4. The normalized spacial score (nSPS) is 19.4. The molecule has 3 rings (SSSR count). The van der Waals surface area contributed by atoms with Gasteiger partial charge in [0.15, 0.2) is 0 Å². The SMILES string of the molecule is CC1CCCC(C(=O)NC(=Cc2ccc(Oc3ccccc3Br)cc2)C(=O)O)C1. The van der Waals surface area contributed by atoms with Gasteiger partial charge in [-0.25, -0.2) is 4.79 Å². The zero-order valence-corrected chi connectivity index (χ0v) is 17.8. The molecule has 2 unspecified atom stereocenters. The summed E-state index contributed by atoms with van der Waals surface area (Å²) in [6, 6.07) is 14.6. The third-order valence-electron chi connectivity index (χ3n) is 5.05. The van der Waals surface area contributed by atoms with Crippen molar-refractivity contribution in [2.75, 3.05) is 0 Å². The van der Waals surface area contributed by atoms with Crippen molar-refractivity contribution < 1.29 is 19.4 Å². The summed E-state index contributed by atoms with van der Waals surface area (Å²) in [5, 5.41) is 12.1. The van der Waals surface area contributed by atoms with Crippen molar-refractivity contribution in [3.63, 3.8) is 0 Å². The van der Waals surface area contributed by atoms with E-state index in [4.69, 9.17) is 4.74 Å². The highest BCUT2D eigenvalue weighted by atomic mass is 79.9. The van der Waals surface area contributed by atoms with Crippen LogP contribution in [0, 0.1) is 11.8 Å². The van der Waals surface area contributed by atoms with Gasteiger partial charge in [0.1, 0.15) is 17.2 Å². The summed E-state index contributed by atoms with van der Waals surface area (Å²) >= 11 is 3.44. The number of para-hydroxylation sites is 1. The van der Waals surface area contributed by atoms with E-state index in [9.17, 15) is 14.7 Å². The Balaban J connectivity index is 1.69. The second-order valence-corrected chi connectivity index (χ2v) is 8.28. The molecule has 2 N–H and O–H groups in total. The van der Waals surface area contributed by atoms with Crippen molar-refractivity contribution in [2.45, 2.75) is 32.6 Å². The fourth-order valence-corrected chi connectivity index (χ4v) is 3.88. The molecule has 152 valence electrons. The van der Waals surface area contributed by atoms with Gasteiger partial charge in [-0.15, -0.1) is 0 Å². The molecule has 0 saturated heterocycles. The fraction of sp³-hybridized carbons (Fsp3) is 0.304. The lowest BCUT2D eigenvalue weighted by Gasteiger charge is -2.25. The van der Waals surface area contributed by atoms with Crippen molar-refractivity contribution in [3.05, 3.63) is 64.3 Å². The Morgan fingerprint density at radius 2 is 1.86 bits per heavy atom. The first-order valence-corrected chi connectivity index (χ1v) is 10.5. The van der Waals surface area contributed by atoms with E-state index >= 15 is 0 Å². The number of aliphatic carboxylic acids is 1. The van der Waals surface area contributed by atoms with Gasteiger partial charge in [0.2, 0.25) is 5.91 Å². The van der Waals surface area contributed by atoms with E-state index in [0.29, 0.717) is 23.0 Å². The number of benzene rings is 2. The summed E-state index contributed by atoms with van der Waals surface area (Å²) in [6.07, 6.45) is 5.21. The largest absolute Gasteiger partial charge is 0.477 e. The molecule has 29 heavy (non-hydrogen) atoms. The van der Waals surface area contributed by atoms with Crippen LogP contribution in [0.2, 0.25) is 0 Å². The van der Waals surface area contributed by atoms with Crippen LogP contribution in [0.3, 0.4) is 0 Å². The molecule has 1 aliphatic rings. The van der Waals surface area contributed by atoms with E-state index in [1.54, 1.807) is 24.3 Å². The van der Waals surface area contributed by atoms with E-state index in [1.807, 2.05) is 24.3 Å². The van der Waals surface area contributed by atoms with Crippen molar-refractivity contribution in [3.8, 4) is 11.5 Å². The van der Waals surface area contributed by atoms with E-state index in [-0.39, 0.29) is 17.5 Å². The van der Waals surface area contributed by atoms with E-state index in [0.717, 1.165) is 30.2 Å². The number of carbonyl (C=O) groups is 2. The van der Waals surface area contributed by atoms with Crippen molar-refractivity contribution in [1.29, 1.82) is 0 Å². The Morgan fingerprint density at radius 1 is 1.14 bits per heavy atom. The van der Waals surface area contributed by atoms with Gasteiger partial charge in [-0.2, -0.15) is 0 Å². The summed E-state index contributed by atoms with van der Waals surface area (Å²) < 4.78 is 6.66. The summed E-state index contributed by atoms with van der Waals surface area (Å²) in [5.41, 5.74) is 0.548. The van der Waals surface area contributed by atoms with Crippen LogP contribution in [0.1, 0.15) is 38.2 Å². The molecule has 0 bridgehead atoms. The monoisotopic (exact) mass is 457 g/mol.